The Morgan fingerprint density at radius 1 is 1.80 bits per heavy atom. The van der Waals surface area contributed by atoms with Crippen molar-refractivity contribution in [2.24, 2.45) is 5.73 Å². The maximum Gasteiger partial charge on any atom is 0.146 e. The number of rotatable bonds is 4. The summed E-state index contributed by atoms with van der Waals surface area (Å²) in [6.45, 7) is 3.84. The molecular formula is C7H13F2N. The molecule has 3 heteroatoms. The van der Waals surface area contributed by atoms with Crippen molar-refractivity contribution in [3.8, 4) is 0 Å². The summed E-state index contributed by atoms with van der Waals surface area (Å²) in [6.07, 6.45) is 0.186. The Hall–Kier alpha value is -0.440. The van der Waals surface area contributed by atoms with Crippen molar-refractivity contribution in [3.63, 3.8) is 0 Å². The van der Waals surface area contributed by atoms with Crippen LogP contribution in [0.2, 0.25) is 0 Å². The molecule has 0 saturated carbocycles. The van der Waals surface area contributed by atoms with Gasteiger partial charge in [-0.25, -0.2) is 8.78 Å². The average Bonchev–Trinajstić information content (AvgIpc) is 1.86. The molecule has 1 nitrogen and oxygen atoms in total. The van der Waals surface area contributed by atoms with Gasteiger partial charge in [0.25, 0.3) is 0 Å². The third-order valence-electron chi connectivity index (χ3n) is 1.44. The van der Waals surface area contributed by atoms with Crippen LogP contribution in [0.15, 0.2) is 12.7 Å². The van der Waals surface area contributed by atoms with Crippen LogP contribution in [0.4, 0.5) is 8.78 Å². The predicted octanol–water partition coefficient (Wildman–Crippen LogP) is 1.59. The lowest BCUT2D eigenvalue weighted by atomic mass is 9.94. The van der Waals surface area contributed by atoms with Crippen LogP contribution >= 0.6 is 0 Å². The van der Waals surface area contributed by atoms with E-state index in [0.29, 0.717) is 0 Å². The Morgan fingerprint density at radius 2 is 2.30 bits per heavy atom. The molecule has 0 saturated heterocycles. The largest absolute Gasteiger partial charge is 0.323 e. The van der Waals surface area contributed by atoms with Gasteiger partial charge in [0.2, 0.25) is 0 Å². The fourth-order valence-corrected chi connectivity index (χ4v) is 0.615. The van der Waals surface area contributed by atoms with Crippen LogP contribution in [0.1, 0.15) is 13.3 Å². The van der Waals surface area contributed by atoms with Gasteiger partial charge in [-0.15, -0.1) is 6.58 Å². The molecule has 0 amide bonds. The Bertz CT molecular complexity index is 112. The van der Waals surface area contributed by atoms with Crippen molar-refractivity contribution in [2.45, 2.75) is 25.1 Å². The molecule has 0 aliphatic carbocycles. The SMILES string of the molecule is C=CCC(C)(N)C(F)CF. The molecule has 0 heterocycles. The second-order valence-electron chi connectivity index (χ2n) is 2.62. The summed E-state index contributed by atoms with van der Waals surface area (Å²) in [4.78, 5) is 0. The standard InChI is InChI=1S/C7H13F2N/c1-3-4-7(2,10)6(9)5-8/h3,6H,1,4-5,10H2,2H3. The first-order valence-corrected chi connectivity index (χ1v) is 3.14. The molecular weight excluding hydrogens is 136 g/mol. The summed E-state index contributed by atoms with van der Waals surface area (Å²) in [5.41, 5.74) is 4.29. The predicted molar refractivity (Wildman–Crippen MR) is 38.3 cm³/mol. The van der Waals surface area contributed by atoms with Crippen LogP contribution in [-0.2, 0) is 0 Å². The van der Waals surface area contributed by atoms with Gasteiger partial charge in [0.05, 0.1) is 5.54 Å². The molecule has 0 aliphatic rings. The topological polar surface area (TPSA) is 26.0 Å². The minimum Gasteiger partial charge on any atom is -0.323 e. The van der Waals surface area contributed by atoms with Gasteiger partial charge in [-0.1, -0.05) is 6.08 Å². The molecule has 10 heavy (non-hydrogen) atoms. The Labute approximate surface area is 59.9 Å². The van der Waals surface area contributed by atoms with Crippen LogP contribution in [0.25, 0.3) is 0 Å². The zero-order valence-electron chi connectivity index (χ0n) is 6.11. The lowest BCUT2D eigenvalue weighted by Crippen LogP contribution is -2.46. The van der Waals surface area contributed by atoms with Crippen LogP contribution in [0.5, 0.6) is 0 Å². The van der Waals surface area contributed by atoms with Crippen molar-refractivity contribution in [1.29, 1.82) is 0 Å². The molecule has 0 aliphatic heterocycles. The molecule has 2 unspecified atom stereocenters. The van der Waals surface area contributed by atoms with Gasteiger partial charge in [-0.2, -0.15) is 0 Å². The van der Waals surface area contributed by atoms with Gasteiger partial charge in [-0.3, -0.25) is 0 Å². The number of alkyl halides is 2. The molecule has 0 aromatic heterocycles. The molecule has 60 valence electrons. The first-order valence-electron chi connectivity index (χ1n) is 3.14. The monoisotopic (exact) mass is 149 g/mol. The van der Waals surface area contributed by atoms with E-state index >= 15 is 0 Å². The van der Waals surface area contributed by atoms with Crippen molar-refractivity contribution in [1.82, 2.24) is 0 Å². The Kier molecular flexibility index (Phi) is 3.50. The molecule has 0 rings (SSSR count). The lowest BCUT2D eigenvalue weighted by Gasteiger charge is -2.24. The van der Waals surface area contributed by atoms with Crippen molar-refractivity contribution >= 4 is 0 Å². The molecule has 0 radical (unpaired) electrons. The minimum absolute atomic E-state index is 0.290. The Morgan fingerprint density at radius 3 is 2.60 bits per heavy atom. The highest BCUT2D eigenvalue weighted by molar-refractivity contribution is 4.92. The maximum absolute atomic E-state index is 12.5. The highest BCUT2D eigenvalue weighted by atomic mass is 19.2. The van der Waals surface area contributed by atoms with Crippen LogP contribution in [-0.4, -0.2) is 18.4 Å². The van der Waals surface area contributed by atoms with Gasteiger partial charge in [-0.05, 0) is 13.3 Å². The van der Waals surface area contributed by atoms with Gasteiger partial charge in [0, 0.05) is 0 Å². The van der Waals surface area contributed by atoms with E-state index in [1.54, 1.807) is 0 Å². The van der Waals surface area contributed by atoms with E-state index in [0.717, 1.165) is 0 Å². The van der Waals surface area contributed by atoms with E-state index in [4.69, 9.17) is 5.73 Å². The summed E-state index contributed by atoms with van der Waals surface area (Å²) < 4.78 is 24.3. The lowest BCUT2D eigenvalue weighted by molar-refractivity contribution is 0.165. The highest BCUT2D eigenvalue weighted by Gasteiger charge is 2.28. The van der Waals surface area contributed by atoms with Crippen molar-refractivity contribution < 1.29 is 8.78 Å². The summed E-state index contributed by atoms with van der Waals surface area (Å²) in [5.74, 6) is 0. The quantitative estimate of drug-likeness (QED) is 0.603. The first-order chi connectivity index (χ1) is 4.54. The van der Waals surface area contributed by atoms with Gasteiger partial charge >= 0.3 is 0 Å². The van der Waals surface area contributed by atoms with Gasteiger partial charge in [0.1, 0.15) is 12.8 Å². The molecule has 2 N–H and O–H groups in total. The normalized spacial score (nSPS) is 19.6. The smallest absolute Gasteiger partial charge is 0.146 e. The summed E-state index contributed by atoms with van der Waals surface area (Å²) in [7, 11) is 0. The van der Waals surface area contributed by atoms with Crippen LogP contribution < -0.4 is 5.73 Å². The van der Waals surface area contributed by atoms with Crippen molar-refractivity contribution in [2.75, 3.05) is 6.67 Å². The highest BCUT2D eigenvalue weighted by Crippen LogP contribution is 2.15. The number of nitrogens with two attached hydrogens (primary N) is 1. The van der Waals surface area contributed by atoms with E-state index < -0.39 is 18.4 Å². The maximum atomic E-state index is 12.5. The van der Waals surface area contributed by atoms with Gasteiger partial charge < -0.3 is 5.73 Å². The summed E-state index contributed by atoms with van der Waals surface area (Å²) in [5, 5.41) is 0. The molecule has 0 aromatic carbocycles. The fraction of sp³-hybridized carbons (Fsp3) is 0.714. The minimum atomic E-state index is -1.59. The third kappa shape index (κ3) is 2.43. The van der Waals surface area contributed by atoms with Gasteiger partial charge in [0.15, 0.2) is 0 Å². The molecule has 0 fully saturated rings. The molecule has 0 aromatic rings. The van der Waals surface area contributed by atoms with E-state index in [2.05, 4.69) is 6.58 Å². The third-order valence-corrected chi connectivity index (χ3v) is 1.44. The van der Waals surface area contributed by atoms with Crippen molar-refractivity contribution in [3.05, 3.63) is 12.7 Å². The number of halogens is 2. The second-order valence-corrected chi connectivity index (χ2v) is 2.62. The second kappa shape index (κ2) is 3.66. The fourth-order valence-electron chi connectivity index (χ4n) is 0.615. The first kappa shape index (κ1) is 9.56. The van der Waals surface area contributed by atoms with Crippen LogP contribution in [0.3, 0.4) is 0 Å². The summed E-state index contributed by atoms with van der Waals surface area (Å²) in [6, 6.07) is 0. The number of hydrogen-bond donors (Lipinski definition) is 1. The average molecular weight is 149 g/mol. The number of hydrogen-bond acceptors (Lipinski definition) is 1. The zero-order chi connectivity index (χ0) is 8.20. The summed E-state index contributed by atoms with van der Waals surface area (Å²) >= 11 is 0. The van der Waals surface area contributed by atoms with E-state index in [-0.39, 0.29) is 6.42 Å². The van der Waals surface area contributed by atoms with E-state index in [9.17, 15) is 8.78 Å². The van der Waals surface area contributed by atoms with E-state index in [1.165, 1.54) is 13.0 Å². The Balaban J connectivity index is 3.94. The van der Waals surface area contributed by atoms with Crippen LogP contribution in [0, 0.1) is 0 Å². The zero-order valence-corrected chi connectivity index (χ0v) is 6.11. The van der Waals surface area contributed by atoms with E-state index in [1.807, 2.05) is 0 Å². The molecule has 2 atom stereocenters. The molecule has 0 bridgehead atoms. The molecule has 0 spiro atoms.